The molecule has 0 bridgehead atoms. The van der Waals surface area contributed by atoms with Crippen molar-refractivity contribution in [1.29, 1.82) is 0 Å². The molecule has 0 amide bonds. The number of aromatic carboxylic acids is 1. The second kappa shape index (κ2) is 17.8. The fourth-order valence-electron chi connectivity index (χ4n) is 3.72. The van der Waals surface area contributed by atoms with Gasteiger partial charge in [0.1, 0.15) is 5.75 Å². The van der Waals surface area contributed by atoms with E-state index >= 15 is 0 Å². The molecule has 0 fully saturated rings. The van der Waals surface area contributed by atoms with E-state index in [9.17, 15) is 9.59 Å². The maximum Gasteiger partial charge on any atom is 0.335 e. The van der Waals surface area contributed by atoms with Gasteiger partial charge in [0.2, 0.25) is 0 Å². The summed E-state index contributed by atoms with van der Waals surface area (Å²) in [5, 5.41) is 8.90. The van der Waals surface area contributed by atoms with Gasteiger partial charge in [-0.1, -0.05) is 90.4 Å². The van der Waals surface area contributed by atoms with Crippen molar-refractivity contribution in [2.45, 2.75) is 109 Å². The van der Waals surface area contributed by atoms with E-state index in [1.165, 1.54) is 101 Å². The molecule has 5 nitrogen and oxygen atoms in total. The van der Waals surface area contributed by atoms with Crippen molar-refractivity contribution >= 4 is 11.9 Å². The molecule has 0 radical (unpaired) electrons. The molecule has 31 heavy (non-hydrogen) atoms. The third-order valence-electron chi connectivity index (χ3n) is 5.69. The lowest BCUT2D eigenvalue weighted by atomic mass is 10.0. The standard InChI is InChI=1S/C26H42O5/c1-3-4-5-6-7-8-9-10-11-12-13-14-15-16-24(30-2)21-25(27)31-23-19-17-22(18-20-23)26(28)29/h17-20,24H,3-16,21H2,1-2H3,(H,28,29). The third-order valence-corrected chi connectivity index (χ3v) is 5.69. The van der Waals surface area contributed by atoms with Crippen LogP contribution in [-0.2, 0) is 9.53 Å². The maximum absolute atomic E-state index is 12.1. The molecular weight excluding hydrogens is 392 g/mol. The molecule has 5 heteroatoms. The molecule has 0 aliphatic rings. The first-order valence-electron chi connectivity index (χ1n) is 12.1. The maximum atomic E-state index is 12.1. The van der Waals surface area contributed by atoms with Gasteiger partial charge in [-0.05, 0) is 30.7 Å². The quantitative estimate of drug-likeness (QED) is 0.142. The number of ether oxygens (including phenoxy) is 2. The van der Waals surface area contributed by atoms with E-state index in [2.05, 4.69) is 6.92 Å². The van der Waals surface area contributed by atoms with E-state index in [0.29, 0.717) is 5.75 Å². The normalized spacial score (nSPS) is 11.9. The molecule has 0 spiro atoms. The largest absolute Gasteiger partial charge is 0.478 e. The lowest BCUT2D eigenvalue weighted by Crippen LogP contribution is -2.20. The summed E-state index contributed by atoms with van der Waals surface area (Å²) in [6.45, 7) is 2.26. The van der Waals surface area contributed by atoms with Crippen LogP contribution in [0.1, 0.15) is 114 Å². The Morgan fingerprint density at radius 1 is 0.806 bits per heavy atom. The zero-order valence-corrected chi connectivity index (χ0v) is 19.6. The minimum Gasteiger partial charge on any atom is -0.478 e. The van der Waals surface area contributed by atoms with Crippen LogP contribution in [0.4, 0.5) is 0 Å². The van der Waals surface area contributed by atoms with Gasteiger partial charge in [-0.2, -0.15) is 0 Å². The molecule has 176 valence electrons. The molecule has 1 atom stereocenters. The number of carboxylic acids is 1. The van der Waals surface area contributed by atoms with E-state index in [1.54, 1.807) is 7.11 Å². The van der Waals surface area contributed by atoms with Gasteiger partial charge in [-0.15, -0.1) is 0 Å². The number of benzene rings is 1. The van der Waals surface area contributed by atoms with Crippen molar-refractivity contribution < 1.29 is 24.2 Å². The molecule has 0 aliphatic carbocycles. The first-order valence-corrected chi connectivity index (χ1v) is 12.1. The molecule has 0 saturated heterocycles. The fourth-order valence-corrected chi connectivity index (χ4v) is 3.72. The number of carboxylic acid groups (broad SMARTS) is 1. The van der Waals surface area contributed by atoms with Gasteiger partial charge in [-0.3, -0.25) is 4.79 Å². The van der Waals surface area contributed by atoms with Gasteiger partial charge in [0.05, 0.1) is 18.1 Å². The fraction of sp³-hybridized carbons (Fsp3) is 0.692. The highest BCUT2D eigenvalue weighted by Crippen LogP contribution is 2.17. The van der Waals surface area contributed by atoms with Crippen LogP contribution in [0.25, 0.3) is 0 Å². The van der Waals surface area contributed by atoms with Crippen LogP contribution in [0, 0.1) is 0 Å². The summed E-state index contributed by atoms with van der Waals surface area (Å²) in [5.74, 6) is -1.01. The topological polar surface area (TPSA) is 72.8 Å². The summed E-state index contributed by atoms with van der Waals surface area (Å²) in [7, 11) is 1.63. The predicted molar refractivity (Wildman–Crippen MR) is 125 cm³/mol. The van der Waals surface area contributed by atoms with E-state index in [4.69, 9.17) is 14.6 Å². The van der Waals surface area contributed by atoms with Crippen molar-refractivity contribution in [2.24, 2.45) is 0 Å². The van der Waals surface area contributed by atoms with Crippen LogP contribution in [-0.4, -0.2) is 30.3 Å². The summed E-state index contributed by atoms with van der Waals surface area (Å²) in [4.78, 5) is 23.0. The van der Waals surface area contributed by atoms with Gasteiger partial charge in [-0.25, -0.2) is 4.79 Å². The second-order valence-corrected chi connectivity index (χ2v) is 8.40. The number of hydrogen-bond acceptors (Lipinski definition) is 4. The lowest BCUT2D eigenvalue weighted by molar-refractivity contribution is -0.137. The van der Waals surface area contributed by atoms with E-state index < -0.39 is 5.97 Å². The molecule has 0 aliphatic heterocycles. The number of unbranched alkanes of at least 4 members (excludes halogenated alkanes) is 12. The minimum atomic E-state index is -1.00. The molecule has 0 saturated carbocycles. The Morgan fingerprint density at radius 2 is 1.29 bits per heavy atom. The summed E-state index contributed by atoms with van der Waals surface area (Å²) >= 11 is 0. The van der Waals surface area contributed by atoms with Gasteiger partial charge >= 0.3 is 11.9 Å². The Hall–Kier alpha value is -1.88. The highest BCUT2D eigenvalue weighted by Gasteiger charge is 2.15. The number of carbonyl (C=O) groups is 2. The van der Waals surface area contributed by atoms with Gasteiger partial charge in [0, 0.05) is 7.11 Å². The smallest absolute Gasteiger partial charge is 0.335 e. The van der Waals surface area contributed by atoms with Gasteiger partial charge < -0.3 is 14.6 Å². The van der Waals surface area contributed by atoms with Crippen molar-refractivity contribution in [3.05, 3.63) is 29.8 Å². The van der Waals surface area contributed by atoms with Gasteiger partial charge in [0.15, 0.2) is 0 Å². The first kappa shape index (κ1) is 27.2. The monoisotopic (exact) mass is 434 g/mol. The van der Waals surface area contributed by atoms with Crippen molar-refractivity contribution in [1.82, 2.24) is 0 Å². The van der Waals surface area contributed by atoms with Crippen LogP contribution < -0.4 is 4.74 Å². The van der Waals surface area contributed by atoms with Crippen molar-refractivity contribution in [3.8, 4) is 5.75 Å². The van der Waals surface area contributed by atoms with Crippen LogP contribution in [0.5, 0.6) is 5.75 Å². The number of hydrogen-bond donors (Lipinski definition) is 1. The zero-order valence-electron chi connectivity index (χ0n) is 19.6. The molecule has 1 rings (SSSR count). The summed E-state index contributed by atoms with van der Waals surface area (Å²) in [6, 6.07) is 5.84. The molecule has 1 aromatic carbocycles. The van der Waals surface area contributed by atoms with Crippen LogP contribution in [0.2, 0.25) is 0 Å². The first-order chi connectivity index (χ1) is 15.1. The predicted octanol–water partition coefficient (Wildman–Crippen LogP) is 7.18. The average molecular weight is 435 g/mol. The second-order valence-electron chi connectivity index (χ2n) is 8.40. The Balaban J connectivity index is 2.04. The molecule has 1 unspecified atom stereocenters. The van der Waals surface area contributed by atoms with Gasteiger partial charge in [0.25, 0.3) is 0 Å². The molecule has 1 aromatic rings. The summed E-state index contributed by atoms with van der Waals surface area (Å²) in [6.07, 6.45) is 18.0. The molecule has 0 aromatic heterocycles. The Bertz CT molecular complexity index is 596. The highest BCUT2D eigenvalue weighted by molar-refractivity contribution is 5.87. The van der Waals surface area contributed by atoms with Crippen LogP contribution >= 0.6 is 0 Å². The number of carbonyl (C=O) groups excluding carboxylic acids is 1. The molecule has 0 heterocycles. The zero-order chi connectivity index (χ0) is 22.7. The average Bonchev–Trinajstić information content (AvgIpc) is 2.76. The number of esters is 1. The highest BCUT2D eigenvalue weighted by atomic mass is 16.5. The Morgan fingerprint density at radius 3 is 1.74 bits per heavy atom. The Kier molecular flexibility index (Phi) is 15.6. The van der Waals surface area contributed by atoms with E-state index in [0.717, 1.165) is 12.8 Å². The summed E-state index contributed by atoms with van der Waals surface area (Å²) in [5.41, 5.74) is 0.164. The van der Waals surface area contributed by atoms with Crippen molar-refractivity contribution in [3.63, 3.8) is 0 Å². The molecular formula is C26H42O5. The van der Waals surface area contributed by atoms with Crippen LogP contribution in [0.3, 0.4) is 0 Å². The third kappa shape index (κ3) is 13.9. The summed E-state index contributed by atoms with van der Waals surface area (Å²) < 4.78 is 10.7. The van der Waals surface area contributed by atoms with E-state index in [-0.39, 0.29) is 24.1 Å². The SMILES string of the molecule is CCCCCCCCCCCCCCCC(CC(=O)Oc1ccc(C(=O)O)cc1)OC. The Labute approximate surface area is 188 Å². The number of methoxy groups -OCH3 is 1. The number of rotatable bonds is 19. The van der Waals surface area contributed by atoms with Crippen molar-refractivity contribution in [2.75, 3.05) is 7.11 Å². The van der Waals surface area contributed by atoms with Crippen LogP contribution in [0.15, 0.2) is 24.3 Å². The van der Waals surface area contributed by atoms with E-state index in [1.807, 2.05) is 0 Å². The minimum absolute atomic E-state index is 0.140. The lowest BCUT2D eigenvalue weighted by Gasteiger charge is -2.14. The molecule has 1 N–H and O–H groups in total.